The Hall–Kier alpha value is -1.58. The standard InChI is InChI=1S/C18H21FO3/c1-22-16-6-15(19)13(17(20)21)5-14(16)18-7-10-2-11(8-18)4-12(3-10)9-18/h5-6,10-12H,2-4,7-9H2,1H3,(H,20,21)/p-1. The monoisotopic (exact) mass is 303 g/mol. The number of carboxylic acid groups (broad SMARTS) is 1. The van der Waals surface area contributed by atoms with Crippen molar-refractivity contribution in [3.63, 3.8) is 0 Å². The van der Waals surface area contributed by atoms with E-state index >= 15 is 0 Å². The van der Waals surface area contributed by atoms with E-state index in [-0.39, 0.29) is 11.0 Å². The first-order valence-electron chi connectivity index (χ1n) is 8.10. The van der Waals surface area contributed by atoms with E-state index in [1.807, 2.05) is 0 Å². The molecule has 5 rings (SSSR count). The molecule has 0 unspecified atom stereocenters. The van der Waals surface area contributed by atoms with E-state index in [1.165, 1.54) is 38.5 Å². The van der Waals surface area contributed by atoms with Crippen LogP contribution in [-0.4, -0.2) is 13.1 Å². The molecule has 0 aromatic heterocycles. The van der Waals surface area contributed by atoms with Crippen molar-refractivity contribution in [2.75, 3.05) is 7.11 Å². The molecular weight excluding hydrogens is 283 g/mol. The summed E-state index contributed by atoms with van der Waals surface area (Å²) in [6.45, 7) is 0. The number of halogens is 1. The Morgan fingerprint density at radius 3 is 2.18 bits per heavy atom. The van der Waals surface area contributed by atoms with Gasteiger partial charge in [-0.05, 0) is 67.8 Å². The van der Waals surface area contributed by atoms with Crippen LogP contribution in [0.4, 0.5) is 4.39 Å². The highest BCUT2D eigenvalue weighted by Gasteiger charge is 2.52. The molecule has 0 N–H and O–H groups in total. The molecule has 0 saturated heterocycles. The molecule has 4 aliphatic rings. The quantitative estimate of drug-likeness (QED) is 0.862. The second kappa shape index (κ2) is 4.71. The van der Waals surface area contributed by atoms with Crippen LogP contribution in [-0.2, 0) is 5.41 Å². The summed E-state index contributed by atoms with van der Waals surface area (Å²) in [5, 5.41) is 11.2. The van der Waals surface area contributed by atoms with Gasteiger partial charge in [-0.15, -0.1) is 0 Å². The van der Waals surface area contributed by atoms with Crippen LogP contribution in [0.3, 0.4) is 0 Å². The number of methoxy groups -OCH3 is 1. The molecule has 1 aromatic carbocycles. The van der Waals surface area contributed by atoms with Gasteiger partial charge in [0.2, 0.25) is 0 Å². The van der Waals surface area contributed by atoms with E-state index in [1.54, 1.807) is 0 Å². The smallest absolute Gasteiger partial charge is 0.135 e. The molecule has 0 spiro atoms. The summed E-state index contributed by atoms with van der Waals surface area (Å²) in [7, 11) is 1.53. The van der Waals surface area contributed by atoms with E-state index in [0.29, 0.717) is 5.75 Å². The van der Waals surface area contributed by atoms with Gasteiger partial charge in [0.25, 0.3) is 0 Å². The largest absolute Gasteiger partial charge is 0.545 e. The maximum Gasteiger partial charge on any atom is 0.135 e. The van der Waals surface area contributed by atoms with Gasteiger partial charge >= 0.3 is 0 Å². The van der Waals surface area contributed by atoms with Gasteiger partial charge in [-0.2, -0.15) is 0 Å². The number of hydrogen-bond acceptors (Lipinski definition) is 3. The first kappa shape index (κ1) is 14.0. The predicted molar refractivity (Wildman–Crippen MR) is 77.1 cm³/mol. The third-order valence-electron chi connectivity index (χ3n) is 6.12. The molecule has 4 aliphatic carbocycles. The van der Waals surface area contributed by atoms with Crippen molar-refractivity contribution >= 4 is 5.97 Å². The van der Waals surface area contributed by atoms with Crippen LogP contribution >= 0.6 is 0 Å². The minimum atomic E-state index is -1.45. The molecule has 0 heterocycles. The summed E-state index contributed by atoms with van der Waals surface area (Å²) in [5.41, 5.74) is 0.513. The molecule has 4 fully saturated rings. The zero-order valence-corrected chi connectivity index (χ0v) is 12.7. The van der Waals surface area contributed by atoms with Crippen LogP contribution in [0.2, 0.25) is 0 Å². The molecular formula is C18H20FO3-. The fraction of sp³-hybridized carbons (Fsp3) is 0.611. The van der Waals surface area contributed by atoms with Gasteiger partial charge in [0.1, 0.15) is 11.6 Å². The maximum absolute atomic E-state index is 13.9. The molecule has 4 bridgehead atoms. The highest BCUT2D eigenvalue weighted by atomic mass is 19.1. The Labute approximate surface area is 129 Å². The van der Waals surface area contributed by atoms with Gasteiger partial charge in [0.05, 0.1) is 13.1 Å². The fourth-order valence-corrected chi connectivity index (χ4v) is 5.74. The molecule has 1 aromatic rings. The lowest BCUT2D eigenvalue weighted by atomic mass is 9.48. The summed E-state index contributed by atoms with van der Waals surface area (Å²) in [6.07, 6.45) is 7.14. The Bertz CT molecular complexity index is 602. The fourth-order valence-electron chi connectivity index (χ4n) is 5.74. The average molecular weight is 303 g/mol. The predicted octanol–water partition coefficient (Wildman–Crippen LogP) is 2.67. The van der Waals surface area contributed by atoms with Gasteiger partial charge in [-0.3, -0.25) is 0 Å². The zero-order chi connectivity index (χ0) is 15.5. The summed E-state index contributed by atoms with van der Waals surface area (Å²) < 4.78 is 19.3. The Kier molecular flexibility index (Phi) is 3.00. The molecule has 4 saturated carbocycles. The van der Waals surface area contributed by atoms with Gasteiger partial charge in [-0.25, -0.2) is 4.39 Å². The number of aromatic carboxylic acids is 1. The lowest BCUT2D eigenvalue weighted by Crippen LogP contribution is -2.48. The molecule has 0 atom stereocenters. The van der Waals surface area contributed by atoms with Crippen LogP contribution in [0.25, 0.3) is 0 Å². The minimum absolute atomic E-state index is 0.0298. The van der Waals surface area contributed by atoms with Gasteiger partial charge in [0, 0.05) is 17.2 Å². The highest BCUT2D eigenvalue weighted by molar-refractivity contribution is 5.86. The number of carbonyl (C=O) groups excluding carboxylic acids is 1. The summed E-state index contributed by atoms with van der Waals surface area (Å²) in [5.74, 6) is 0.452. The van der Waals surface area contributed by atoms with Crippen molar-refractivity contribution in [1.82, 2.24) is 0 Å². The molecule has 0 aliphatic heterocycles. The van der Waals surface area contributed by atoms with Crippen LogP contribution < -0.4 is 9.84 Å². The van der Waals surface area contributed by atoms with E-state index in [9.17, 15) is 14.3 Å². The second-order valence-electron chi connectivity index (χ2n) is 7.52. The van der Waals surface area contributed by atoms with E-state index in [0.717, 1.165) is 42.6 Å². The molecule has 4 heteroatoms. The van der Waals surface area contributed by atoms with Crippen molar-refractivity contribution in [2.24, 2.45) is 17.8 Å². The first-order chi connectivity index (χ1) is 10.5. The third kappa shape index (κ3) is 1.96. The third-order valence-corrected chi connectivity index (χ3v) is 6.12. The highest BCUT2D eigenvalue weighted by Crippen LogP contribution is 2.62. The number of carbonyl (C=O) groups is 1. The second-order valence-corrected chi connectivity index (χ2v) is 7.52. The number of ether oxygens (including phenoxy) is 1. The molecule has 0 amide bonds. The summed E-state index contributed by atoms with van der Waals surface area (Å²) in [4.78, 5) is 11.2. The number of rotatable bonds is 3. The molecule has 22 heavy (non-hydrogen) atoms. The van der Waals surface area contributed by atoms with Crippen LogP contribution in [0.15, 0.2) is 12.1 Å². The average Bonchev–Trinajstić information content (AvgIpc) is 2.44. The number of benzene rings is 1. The molecule has 0 radical (unpaired) electrons. The Morgan fingerprint density at radius 1 is 1.18 bits per heavy atom. The normalized spacial score (nSPS) is 35.6. The Balaban J connectivity index is 1.84. The maximum atomic E-state index is 13.9. The van der Waals surface area contributed by atoms with Crippen LogP contribution in [0.5, 0.6) is 5.75 Å². The lowest BCUT2D eigenvalue weighted by Gasteiger charge is -2.57. The lowest BCUT2D eigenvalue weighted by molar-refractivity contribution is -0.255. The number of carboxylic acids is 1. The summed E-state index contributed by atoms with van der Waals surface area (Å²) in [6, 6.07) is 2.70. The van der Waals surface area contributed by atoms with Crippen molar-refractivity contribution in [1.29, 1.82) is 0 Å². The number of hydrogen-bond donors (Lipinski definition) is 0. The molecule has 3 nitrogen and oxygen atoms in total. The van der Waals surface area contributed by atoms with Gasteiger partial charge in [0.15, 0.2) is 0 Å². The van der Waals surface area contributed by atoms with E-state index < -0.39 is 11.8 Å². The topological polar surface area (TPSA) is 49.4 Å². The summed E-state index contributed by atoms with van der Waals surface area (Å²) >= 11 is 0. The van der Waals surface area contributed by atoms with Crippen molar-refractivity contribution in [2.45, 2.75) is 43.9 Å². The van der Waals surface area contributed by atoms with Crippen LogP contribution in [0, 0.1) is 23.6 Å². The zero-order valence-electron chi connectivity index (χ0n) is 12.7. The SMILES string of the molecule is COc1cc(F)c(C(=O)[O-])cc1C12CC3CC(CC(C3)C1)C2. The minimum Gasteiger partial charge on any atom is -0.545 e. The van der Waals surface area contributed by atoms with Gasteiger partial charge < -0.3 is 14.6 Å². The molecule has 118 valence electrons. The first-order valence-corrected chi connectivity index (χ1v) is 8.10. The van der Waals surface area contributed by atoms with Crippen molar-refractivity contribution in [3.8, 4) is 5.75 Å². The van der Waals surface area contributed by atoms with Crippen molar-refractivity contribution < 1.29 is 19.0 Å². The van der Waals surface area contributed by atoms with Crippen LogP contribution in [0.1, 0.15) is 54.4 Å². The van der Waals surface area contributed by atoms with Gasteiger partial charge in [-0.1, -0.05) is 0 Å². The van der Waals surface area contributed by atoms with E-state index in [4.69, 9.17) is 4.74 Å². The van der Waals surface area contributed by atoms with Crippen molar-refractivity contribution in [3.05, 3.63) is 29.1 Å². The van der Waals surface area contributed by atoms with E-state index in [2.05, 4.69) is 0 Å². The Morgan fingerprint density at radius 2 is 1.73 bits per heavy atom.